The number of ether oxygens (including phenoxy) is 1. The second-order valence-corrected chi connectivity index (χ2v) is 3.22. The number of carbonyl (C=O) groups excluding carboxylic acids is 2. The zero-order valence-electron chi connectivity index (χ0n) is 9.36. The number of nitrogens with one attached hydrogen (secondary N) is 2. The smallest absolute Gasteiger partial charge is 0.328 e. The third kappa shape index (κ3) is 3.54. The Morgan fingerprint density at radius 3 is 2.78 bits per heavy atom. The van der Waals surface area contributed by atoms with Gasteiger partial charge in [0, 0.05) is 0 Å². The fourth-order valence-corrected chi connectivity index (χ4v) is 1.05. The maximum Gasteiger partial charge on any atom is 0.328 e. The molecule has 1 amide bonds. The number of H-pyrrole nitrogens is 1. The second kappa shape index (κ2) is 5.75. The molecule has 0 saturated heterocycles. The number of nitrogens with zero attached hydrogens (tertiary/aromatic N) is 1. The van der Waals surface area contributed by atoms with Crippen LogP contribution in [0.15, 0.2) is 15.8 Å². The Labute approximate surface area is 99.4 Å². The van der Waals surface area contributed by atoms with Gasteiger partial charge in [-0.1, -0.05) is 0 Å². The normalized spacial score (nSPS) is 9.89. The van der Waals surface area contributed by atoms with Crippen molar-refractivity contribution in [2.75, 3.05) is 13.7 Å². The van der Waals surface area contributed by atoms with Crippen LogP contribution < -0.4 is 16.6 Å². The summed E-state index contributed by atoms with van der Waals surface area (Å²) in [5, 5.41) is 2.16. The van der Waals surface area contributed by atoms with Crippen molar-refractivity contribution in [3.63, 3.8) is 0 Å². The van der Waals surface area contributed by atoms with Gasteiger partial charge in [-0.2, -0.15) is 4.39 Å². The molecular formula is C9H10FN3O5. The molecule has 1 aromatic heterocycles. The predicted octanol–water partition coefficient (Wildman–Crippen LogP) is -2.04. The van der Waals surface area contributed by atoms with Crippen molar-refractivity contribution in [2.24, 2.45) is 0 Å². The Bertz CT molecular complexity index is 576. The molecule has 0 aromatic carbocycles. The molecule has 98 valence electrons. The lowest BCUT2D eigenvalue weighted by atomic mass is 10.5. The molecule has 0 radical (unpaired) electrons. The highest BCUT2D eigenvalue weighted by molar-refractivity contribution is 5.81. The van der Waals surface area contributed by atoms with Gasteiger partial charge in [-0.05, 0) is 0 Å². The summed E-state index contributed by atoms with van der Waals surface area (Å²) < 4.78 is 17.8. The van der Waals surface area contributed by atoms with Crippen LogP contribution in [0.3, 0.4) is 0 Å². The first-order valence-electron chi connectivity index (χ1n) is 4.77. The largest absolute Gasteiger partial charge is 0.468 e. The lowest BCUT2D eigenvalue weighted by Gasteiger charge is -2.05. The van der Waals surface area contributed by atoms with Crippen LogP contribution >= 0.6 is 0 Å². The summed E-state index contributed by atoms with van der Waals surface area (Å²) in [6.07, 6.45) is 0.610. The summed E-state index contributed by atoms with van der Waals surface area (Å²) in [7, 11) is 1.15. The monoisotopic (exact) mass is 259 g/mol. The van der Waals surface area contributed by atoms with Gasteiger partial charge in [-0.15, -0.1) is 0 Å². The van der Waals surface area contributed by atoms with E-state index in [2.05, 4.69) is 10.1 Å². The van der Waals surface area contributed by atoms with Gasteiger partial charge < -0.3 is 10.1 Å². The van der Waals surface area contributed by atoms with E-state index < -0.39 is 35.5 Å². The first-order valence-corrected chi connectivity index (χ1v) is 4.77. The Morgan fingerprint density at radius 2 is 2.17 bits per heavy atom. The molecule has 0 aliphatic rings. The Balaban J connectivity index is 2.71. The van der Waals surface area contributed by atoms with Crippen molar-refractivity contribution in [1.29, 1.82) is 0 Å². The van der Waals surface area contributed by atoms with Crippen LogP contribution in [-0.2, 0) is 20.9 Å². The molecule has 0 aliphatic carbocycles. The number of aromatic nitrogens is 2. The predicted molar refractivity (Wildman–Crippen MR) is 56.3 cm³/mol. The molecule has 0 fully saturated rings. The zero-order chi connectivity index (χ0) is 13.7. The third-order valence-electron chi connectivity index (χ3n) is 1.94. The first-order chi connectivity index (χ1) is 8.43. The van der Waals surface area contributed by atoms with Crippen LogP contribution in [0.2, 0.25) is 0 Å². The molecule has 18 heavy (non-hydrogen) atoms. The second-order valence-electron chi connectivity index (χ2n) is 3.22. The molecule has 0 saturated carbocycles. The SMILES string of the molecule is COC(=O)CNC(=O)Cn1cc(F)c(=O)[nH]c1=O. The number of amides is 1. The van der Waals surface area contributed by atoms with Gasteiger partial charge >= 0.3 is 11.7 Å². The van der Waals surface area contributed by atoms with E-state index in [0.717, 1.165) is 7.11 Å². The van der Waals surface area contributed by atoms with Crippen molar-refractivity contribution >= 4 is 11.9 Å². The minimum Gasteiger partial charge on any atom is -0.468 e. The average Bonchev–Trinajstić information content (AvgIpc) is 2.33. The van der Waals surface area contributed by atoms with Crippen molar-refractivity contribution in [1.82, 2.24) is 14.9 Å². The maximum absolute atomic E-state index is 12.9. The number of hydrogen-bond acceptors (Lipinski definition) is 5. The van der Waals surface area contributed by atoms with Crippen LogP contribution in [0.5, 0.6) is 0 Å². The van der Waals surface area contributed by atoms with Gasteiger partial charge in [0.25, 0.3) is 5.56 Å². The quantitative estimate of drug-likeness (QED) is 0.605. The van der Waals surface area contributed by atoms with Crippen LogP contribution in [0, 0.1) is 5.82 Å². The van der Waals surface area contributed by atoms with E-state index in [1.807, 2.05) is 0 Å². The Morgan fingerprint density at radius 1 is 1.50 bits per heavy atom. The minimum absolute atomic E-state index is 0.365. The van der Waals surface area contributed by atoms with E-state index in [-0.39, 0.29) is 6.54 Å². The van der Waals surface area contributed by atoms with Crippen LogP contribution in [0.25, 0.3) is 0 Å². The van der Waals surface area contributed by atoms with E-state index in [0.29, 0.717) is 10.8 Å². The van der Waals surface area contributed by atoms with Gasteiger partial charge in [0.1, 0.15) is 13.1 Å². The molecule has 9 heteroatoms. The summed E-state index contributed by atoms with van der Waals surface area (Å²) >= 11 is 0. The molecule has 8 nitrogen and oxygen atoms in total. The van der Waals surface area contributed by atoms with Gasteiger partial charge in [0.05, 0.1) is 13.3 Å². The summed E-state index contributed by atoms with van der Waals surface area (Å²) in [4.78, 5) is 45.6. The highest BCUT2D eigenvalue weighted by atomic mass is 19.1. The minimum atomic E-state index is -1.18. The average molecular weight is 259 g/mol. The molecule has 0 spiro atoms. The van der Waals surface area contributed by atoms with Crippen molar-refractivity contribution < 1.29 is 18.7 Å². The Kier molecular flexibility index (Phi) is 4.35. The molecule has 0 aliphatic heterocycles. The van der Waals surface area contributed by atoms with E-state index in [1.54, 1.807) is 4.98 Å². The van der Waals surface area contributed by atoms with Crippen molar-refractivity contribution in [3.05, 3.63) is 32.9 Å². The van der Waals surface area contributed by atoms with Gasteiger partial charge in [0.15, 0.2) is 0 Å². The van der Waals surface area contributed by atoms with Gasteiger partial charge in [-0.3, -0.25) is 23.9 Å². The van der Waals surface area contributed by atoms with E-state index in [4.69, 9.17) is 0 Å². The molecule has 0 bridgehead atoms. The summed E-state index contributed by atoms with van der Waals surface area (Å²) in [5.74, 6) is -2.55. The lowest BCUT2D eigenvalue weighted by molar-refractivity contribution is -0.141. The first kappa shape index (κ1) is 13.6. The fraction of sp³-hybridized carbons (Fsp3) is 0.333. The van der Waals surface area contributed by atoms with E-state index in [1.165, 1.54) is 0 Å². The fourth-order valence-electron chi connectivity index (χ4n) is 1.05. The molecule has 1 aromatic rings. The number of rotatable bonds is 4. The lowest BCUT2D eigenvalue weighted by Crippen LogP contribution is -2.38. The standard InChI is InChI=1S/C9H10FN3O5/c1-18-7(15)2-11-6(14)4-13-3-5(10)8(16)12-9(13)17/h3H,2,4H2,1H3,(H,11,14)(H,12,16,17). The number of halogens is 1. The van der Waals surface area contributed by atoms with Crippen LogP contribution in [-0.4, -0.2) is 35.1 Å². The number of esters is 1. The molecule has 2 N–H and O–H groups in total. The molecule has 1 heterocycles. The number of methoxy groups -OCH3 is 1. The van der Waals surface area contributed by atoms with Crippen molar-refractivity contribution in [2.45, 2.75) is 6.54 Å². The Hall–Kier alpha value is -2.45. The van der Waals surface area contributed by atoms with E-state index >= 15 is 0 Å². The van der Waals surface area contributed by atoms with Gasteiger partial charge in [-0.25, -0.2) is 4.79 Å². The summed E-state index contributed by atoms with van der Waals surface area (Å²) in [6, 6.07) is 0. The zero-order valence-corrected chi connectivity index (χ0v) is 9.36. The highest BCUT2D eigenvalue weighted by Gasteiger charge is 2.09. The summed E-state index contributed by atoms with van der Waals surface area (Å²) in [6.45, 7) is -0.889. The molecule has 0 atom stereocenters. The van der Waals surface area contributed by atoms with E-state index in [9.17, 15) is 23.6 Å². The van der Waals surface area contributed by atoms with Crippen LogP contribution in [0.4, 0.5) is 4.39 Å². The number of hydrogen-bond donors (Lipinski definition) is 2. The van der Waals surface area contributed by atoms with Gasteiger partial charge in [0.2, 0.25) is 11.7 Å². The maximum atomic E-state index is 12.9. The number of carbonyl (C=O) groups is 2. The third-order valence-corrected chi connectivity index (χ3v) is 1.94. The molecule has 1 rings (SSSR count). The summed E-state index contributed by atoms with van der Waals surface area (Å²) in [5.41, 5.74) is -2.08. The number of aromatic amines is 1. The highest BCUT2D eigenvalue weighted by Crippen LogP contribution is 1.84. The van der Waals surface area contributed by atoms with Crippen molar-refractivity contribution in [3.8, 4) is 0 Å². The topological polar surface area (TPSA) is 110 Å². The molecule has 0 unspecified atom stereocenters. The van der Waals surface area contributed by atoms with Crippen LogP contribution in [0.1, 0.15) is 0 Å². The molecular weight excluding hydrogens is 249 g/mol.